The average molecular weight is 1050 g/mol. The minimum absolute atomic E-state index is 0.189. The SMILES string of the molecule is CCn1nc(C)cc1C(=O)Nc1nc2cc(C(N)=O)cc(OC)c2n1C/C=C/Cn1c(NC)nc2cc(C=O)cc(OC=O)c21.CCn1nc(C)cc1C=O.CN.CNC/C=C/CN=C/C(=C\N)NC(=O)OC(C)(C)C. The Bertz CT molecular complexity index is 3060. The van der Waals surface area contributed by atoms with Gasteiger partial charge in [-0.05, 0) is 99.0 Å². The highest BCUT2D eigenvalue weighted by atomic mass is 16.6. The highest BCUT2D eigenvalue weighted by Gasteiger charge is 2.22. The first-order valence-corrected chi connectivity index (χ1v) is 23.8. The predicted molar refractivity (Wildman–Crippen MR) is 292 cm³/mol. The maximum absolute atomic E-state index is 13.4. The number of aromatic nitrogens is 8. The molecule has 4 aromatic heterocycles. The molecule has 25 heteroatoms. The minimum Gasteiger partial charge on any atom is -0.494 e. The van der Waals surface area contributed by atoms with Gasteiger partial charge in [0.05, 0.1) is 41.8 Å². The van der Waals surface area contributed by atoms with Crippen molar-refractivity contribution in [2.75, 3.05) is 52.0 Å². The number of alkyl carbamates (subject to hydrolysis) is 1. The lowest BCUT2D eigenvalue weighted by atomic mass is 10.1. The van der Waals surface area contributed by atoms with Gasteiger partial charge in [0.1, 0.15) is 40.1 Å². The number of imidazole rings is 2. The van der Waals surface area contributed by atoms with Crippen molar-refractivity contribution in [3.05, 3.63) is 107 Å². The zero-order valence-electron chi connectivity index (χ0n) is 44.8. The van der Waals surface area contributed by atoms with Crippen LogP contribution in [0, 0.1) is 13.8 Å². The molecule has 6 rings (SSSR count). The van der Waals surface area contributed by atoms with Crippen molar-refractivity contribution in [1.82, 2.24) is 49.3 Å². The lowest BCUT2D eigenvalue weighted by molar-refractivity contribution is -0.120. The maximum atomic E-state index is 13.4. The molecule has 0 bridgehead atoms. The van der Waals surface area contributed by atoms with Crippen LogP contribution in [0.5, 0.6) is 11.5 Å². The van der Waals surface area contributed by atoms with E-state index in [2.05, 4.69) is 52.2 Å². The first kappa shape index (κ1) is 61.3. The van der Waals surface area contributed by atoms with Gasteiger partial charge < -0.3 is 51.2 Å². The van der Waals surface area contributed by atoms with Crippen LogP contribution < -0.4 is 47.9 Å². The highest BCUT2D eigenvalue weighted by molar-refractivity contribution is 6.04. The predicted octanol–water partition coefficient (Wildman–Crippen LogP) is 4.67. The molecular weight excluding hydrogens is 981 g/mol. The van der Waals surface area contributed by atoms with Crippen LogP contribution in [0.2, 0.25) is 0 Å². The molecule has 0 radical (unpaired) electrons. The molecule has 0 fully saturated rings. The number of carbonyl (C=O) groups excluding carboxylic acids is 6. The zero-order valence-corrected chi connectivity index (χ0v) is 44.8. The third kappa shape index (κ3) is 17.3. The number of carbonyl (C=O) groups is 6. The summed E-state index contributed by atoms with van der Waals surface area (Å²) in [7, 11) is 6.53. The molecule has 0 aliphatic heterocycles. The van der Waals surface area contributed by atoms with Crippen LogP contribution in [0.1, 0.15) is 87.7 Å². The number of hydrogen-bond donors (Lipinski definition) is 7. The van der Waals surface area contributed by atoms with E-state index in [9.17, 15) is 28.8 Å². The number of amides is 3. The molecule has 408 valence electrons. The third-order valence-electron chi connectivity index (χ3n) is 10.2. The Kier molecular flexibility index (Phi) is 24.4. The smallest absolute Gasteiger partial charge is 0.412 e. The van der Waals surface area contributed by atoms with Gasteiger partial charge in [-0.25, -0.2) is 14.8 Å². The second kappa shape index (κ2) is 30.3. The molecule has 0 aliphatic carbocycles. The zero-order chi connectivity index (χ0) is 56.5. The number of ether oxygens (including phenoxy) is 3. The van der Waals surface area contributed by atoms with Crippen LogP contribution in [-0.4, -0.2) is 129 Å². The van der Waals surface area contributed by atoms with E-state index in [4.69, 9.17) is 25.7 Å². The topological polar surface area (TPSA) is 340 Å². The molecule has 0 atom stereocenters. The van der Waals surface area contributed by atoms with E-state index >= 15 is 0 Å². The minimum atomic E-state index is -0.649. The fourth-order valence-electron chi connectivity index (χ4n) is 7.06. The summed E-state index contributed by atoms with van der Waals surface area (Å²) in [5.74, 6) is 0.175. The summed E-state index contributed by atoms with van der Waals surface area (Å²) in [6, 6.07) is 9.59. The lowest BCUT2D eigenvalue weighted by Crippen LogP contribution is -2.32. The summed E-state index contributed by atoms with van der Waals surface area (Å²) >= 11 is 0. The molecule has 4 heterocycles. The van der Waals surface area contributed by atoms with Crippen LogP contribution in [0.4, 0.5) is 16.7 Å². The van der Waals surface area contributed by atoms with Gasteiger partial charge in [-0.1, -0.05) is 24.3 Å². The molecular formula is C51H70N16O9. The van der Waals surface area contributed by atoms with Crippen LogP contribution in [0.15, 0.2) is 77.6 Å². The number of nitrogens with zero attached hydrogens (tertiary/aromatic N) is 9. The number of fused-ring (bicyclic) bond motifs is 2. The summed E-state index contributed by atoms with van der Waals surface area (Å²) in [6.45, 7) is 16.3. The molecule has 0 saturated carbocycles. The van der Waals surface area contributed by atoms with Gasteiger partial charge in [-0.15, -0.1) is 0 Å². The monoisotopic (exact) mass is 1050 g/mol. The van der Waals surface area contributed by atoms with Gasteiger partial charge in [-0.2, -0.15) is 10.2 Å². The number of benzene rings is 2. The number of anilines is 2. The maximum Gasteiger partial charge on any atom is 0.412 e. The fourth-order valence-corrected chi connectivity index (χ4v) is 7.06. The van der Waals surface area contributed by atoms with Crippen LogP contribution in [0.3, 0.4) is 0 Å². The van der Waals surface area contributed by atoms with E-state index in [0.29, 0.717) is 94.5 Å². The first-order valence-electron chi connectivity index (χ1n) is 23.8. The second-order valence-electron chi connectivity index (χ2n) is 16.8. The van der Waals surface area contributed by atoms with E-state index < -0.39 is 23.5 Å². The van der Waals surface area contributed by atoms with E-state index in [1.54, 1.807) is 71.4 Å². The van der Waals surface area contributed by atoms with Crippen molar-refractivity contribution in [3.8, 4) is 11.5 Å². The van der Waals surface area contributed by atoms with Crippen molar-refractivity contribution in [3.63, 3.8) is 0 Å². The van der Waals surface area contributed by atoms with E-state index in [0.717, 1.165) is 25.1 Å². The Morgan fingerprint density at radius 1 is 0.789 bits per heavy atom. The molecule has 0 aliphatic rings. The fraction of sp³-hybridized carbons (Fsp3) is 0.353. The third-order valence-corrected chi connectivity index (χ3v) is 10.2. The number of rotatable bonds is 21. The number of aryl methyl sites for hydroxylation is 4. The Balaban J connectivity index is 0.000000402. The van der Waals surface area contributed by atoms with Gasteiger partial charge in [-0.3, -0.25) is 49.0 Å². The summed E-state index contributed by atoms with van der Waals surface area (Å²) in [6.07, 6.45) is 11.3. The van der Waals surface area contributed by atoms with Gasteiger partial charge in [0.15, 0.2) is 12.0 Å². The van der Waals surface area contributed by atoms with Crippen molar-refractivity contribution in [2.24, 2.45) is 22.2 Å². The van der Waals surface area contributed by atoms with Crippen molar-refractivity contribution in [2.45, 2.75) is 80.2 Å². The Morgan fingerprint density at radius 3 is 1.96 bits per heavy atom. The summed E-state index contributed by atoms with van der Waals surface area (Å²) in [4.78, 5) is 83.0. The molecule has 25 nitrogen and oxygen atoms in total. The van der Waals surface area contributed by atoms with E-state index in [1.807, 2.05) is 52.1 Å². The Hall–Kier alpha value is -8.97. The van der Waals surface area contributed by atoms with Crippen molar-refractivity contribution in [1.29, 1.82) is 0 Å². The Labute approximate surface area is 440 Å². The highest BCUT2D eigenvalue weighted by Crippen LogP contribution is 2.32. The molecule has 2 aromatic carbocycles. The lowest BCUT2D eigenvalue weighted by Gasteiger charge is -2.19. The number of allylic oxidation sites excluding steroid dienone is 3. The number of hydrogen-bond acceptors (Lipinski definition) is 18. The summed E-state index contributed by atoms with van der Waals surface area (Å²) in [5.41, 5.74) is 20.3. The second-order valence-corrected chi connectivity index (χ2v) is 16.8. The number of likely N-dealkylation sites (N-methyl/N-ethyl adjacent to an activating group) is 1. The number of aliphatic imine (C=N–C) groups is 1. The number of aldehydes is 2. The molecule has 0 spiro atoms. The van der Waals surface area contributed by atoms with Crippen LogP contribution >= 0.6 is 0 Å². The summed E-state index contributed by atoms with van der Waals surface area (Å²) < 4.78 is 22.7. The molecule has 0 saturated heterocycles. The standard InChI is InChI=1S/C30H31N9O6.C13H24N4O2.C7H10N2O.CH5N/c1-5-39-22(10-17(2)36-39)28(43)35-30-34-21-13-19(27(31)42)14-23(44-4)25(21)38(30)9-7-6-8-37-26-20(33-29(37)32-3)11-18(15-40)12-24(26)45-16-41;1-13(2,3)19-12(18)17-11(9-14)10-16-8-6-5-7-15-4;1-3-9-7(5-10)4-6(2)8-9;1-2/h6-7,10-16H,5,8-9H2,1-4H3,(H2,31,42)(H,32,33)(H,34,35,43);5-6,9-10,15H,7-8,14H2,1-4H3,(H,17,18);4-5H,3H2,1-2H3;2H2,1H3/b7-6+;6-5+,11-9+,16-10?;;. The Morgan fingerprint density at radius 2 is 1.41 bits per heavy atom. The largest absolute Gasteiger partial charge is 0.494 e. The number of methoxy groups -OCH3 is 1. The molecule has 3 amide bonds. The quantitative estimate of drug-likeness (QED) is 0.0292. The van der Waals surface area contributed by atoms with E-state index in [1.165, 1.54) is 44.8 Å². The van der Waals surface area contributed by atoms with Crippen LogP contribution in [-0.2, 0) is 35.7 Å². The van der Waals surface area contributed by atoms with Crippen molar-refractivity contribution >= 4 is 77.1 Å². The first-order chi connectivity index (χ1) is 36.4. The molecule has 0 unspecified atom stereocenters. The van der Waals surface area contributed by atoms with Gasteiger partial charge in [0, 0.05) is 63.3 Å². The average Bonchev–Trinajstić information content (AvgIpc) is 4.17. The molecule has 6 aromatic rings. The molecule has 76 heavy (non-hydrogen) atoms. The van der Waals surface area contributed by atoms with Gasteiger partial charge >= 0.3 is 6.09 Å². The van der Waals surface area contributed by atoms with E-state index in [-0.39, 0.29) is 23.8 Å². The van der Waals surface area contributed by atoms with Gasteiger partial charge in [0.2, 0.25) is 17.8 Å². The van der Waals surface area contributed by atoms with Crippen molar-refractivity contribution < 1.29 is 43.0 Å². The summed E-state index contributed by atoms with van der Waals surface area (Å²) in [5, 5.41) is 19.8. The number of primary amides is 1. The number of nitrogens with one attached hydrogen (secondary N) is 4. The molecule has 10 N–H and O–H groups in total. The normalized spacial score (nSPS) is 11.3. The number of nitrogens with two attached hydrogens (primary N) is 3. The van der Waals surface area contributed by atoms with Crippen LogP contribution in [0.25, 0.3) is 22.1 Å². The van der Waals surface area contributed by atoms with Gasteiger partial charge in [0.25, 0.3) is 12.4 Å².